The summed E-state index contributed by atoms with van der Waals surface area (Å²) in [5.41, 5.74) is 4.72. The topological polar surface area (TPSA) is 74.8 Å². The summed E-state index contributed by atoms with van der Waals surface area (Å²) < 4.78 is 0. The predicted octanol–water partition coefficient (Wildman–Crippen LogP) is 1.58. The SMILES string of the molecule is Cc1nc2c(c(=O)[nH]1)CCN(Cc1cccc3nccnc13)C2. The average Bonchev–Trinajstić information content (AvgIpc) is 2.55. The van der Waals surface area contributed by atoms with Crippen molar-refractivity contribution in [3.05, 3.63) is 63.6 Å². The van der Waals surface area contributed by atoms with Crippen molar-refractivity contribution < 1.29 is 0 Å². The van der Waals surface area contributed by atoms with E-state index in [4.69, 9.17) is 0 Å². The molecule has 2 aromatic heterocycles. The summed E-state index contributed by atoms with van der Waals surface area (Å²) in [4.78, 5) is 30.4. The molecule has 1 aliphatic heterocycles. The molecule has 3 aromatic rings. The molecule has 0 aliphatic carbocycles. The van der Waals surface area contributed by atoms with E-state index in [0.29, 0.717) is 12.4 Å². The van der Waals surface area contributed by atoms with Gasteiger partial charge in [0.1, 0.15) is 5.82 Å². The summed E-state index contributed by atoms with van der Waals surface area (Å²) in [6.45, 7) is 4.14. The normalized spacial score (nSPS) is 14.8. The molecular weight excluding hydrogens is 290 g/mol. The summed E-state index contributed by atoms with van der Waals surface area (Å²) in [7, 11) is 0. The quantitative estimate of drug-likeness (QED) is 0.778. The Hall–Kier alpha value is -2.60. The molecule has 3 heterocycles. The van der Waals surface area contributed by atoms with Gasteiger partial charge in [-0.1, -0.05) is 12.1 Å². The molecule has 0 spiro atoms. The van der Waals surface area contributed by atoms with Gasteiger partial charge in [-0.05, 0) is 25.0 Å². The number of aromatic amines is 1. The van der Waals surface area contributed by atoms with Crippen LogP contribution in [0.25, 0.3) is 11.0 Å². The summed E-state index contributed by atoms with van der Waals surface area (Å²) in [6, 6.07) is 6.07. The molecule has 0 bridgehead atoms. The monoisotopic (exact) mass is 307 g/mol. The fourth-order valence-corrected chi connectivity index (χ4v) is 3.17. The lowest BCUT2D eigenvalue weighted by atomic mass is 10.1. The van der Waals surface area contributed by atoms with Crippen LogP contribution in [0.2, 0.25) is 0 Å². The smallest absolute Gasteiger partial charge is 0.254 e. The van der Waals surface area contributed by atoms with Gasteiger partial charge < -0.3 is 4.98 Å². The van der Waals surface area contributed by atoms with Crippen LogP contribution in [0.15, 0.2) is 35.4 Å². The zero-order valence-electron chi connectivity index (χ0n) is 12.9. The number of aromatic nitrogens is 4. The highest BCUT2D eigenvalue weighted by molar-refractivity contribution is 5.77. The van der Waals surface area contributed by atoms with Crippen LogP contribution in [0, 0.1) is 6.92 Å². The van der Waals surface area contributed by atoms with Crippen molar-refractivity contribution >= 4 is 11.0 Å². The number of nitrogens with one attached hydrogen (secondary N) is 1. The maximum atomic E-state index is 12.0. The molecule has 0 saturated carbocycles. The van der Waals surface area contributed by atoms with Gasteiger partial charge in [0.15, 0.2) is 0 Å². The summed E-state index contributed by atoms with van der Waals surface area (Å²) >= 11 is 0. The third-order valence-corrected chi connectivity index (χ3v) is 4.25. The van der Waals surface area contributed by atoms with E-state index in [1.54, 1.807) is 12.4 Å². The first-order valence-corrected chi connectivity index (χ1v) is 7.70. The fraction of sp³-hybridized carbons (Fsp3) is 0.294. The maximum absolute atomic E-state index is 12.0. The number of fused-ring (bicyclic) bond motifs is 2. The lowest BCUT2D eigenvalue weighted by Crippen LogP contribution is -2.35. The molecule has 6 heteroatoms. The largest absolute Gasteiger partial charge is 0.311 e. The van der Waals surface area contributed by atoms with E-state index >= 15 is 0 Å². The highest BCUT2D eigenvalue weighted by Gasteiger charge is 2.21. The molecule has 0 unspecified atom stereocenters. The van der Waals surface area contributed by atoms with E-state index < -0.39 is 0 Å². The Labute approximate surface area is 133 Å². The van der Waals surface area contributed by atoms with Crippen molar-refractivity contribution in [2.45, 2.75) is 26.4 Å². The number of benzene rings is 1. The van der Waals surface area contributed by atoms with Crippen LogP contribution in [0.4, 0.5) is 0 Å². The molecule has 4 rings (SSSR count). The Bertz CT molecular complexity index is 928. The molecule has 6 nitrogen and oxygen atoms in total. The number of aryl methyl sites for hydroxylation is 1. The Morgan fingerprint density at radius 3 is 3.04 bits per heavy atom. The zero-order chi connectivity index (χ0) is 15.8. The van der Waals surface area contributed by atoms with Gasteiger partial charge in [0.25, 0.3) is 5.56 Å². The van der Waals surface area contributed by atoms with Crippen molar-refractivity contribution in [1.82, 2.24) is 24.8 Å². The summed E-state index contributed by atoms with van der Waals surface area (Å²) in [5, 5.41) is 0. The predicted molar refractivity (Wildman–Crippen MR) is 87.0 cm³/mol. The van der Waals surface area contributed by atoms with E-state index in [1.165, 1.54) is 0 Å². The average molecular weight is 307 g/mol. The first-order chi connectivity index (χ1) is 11.2. The number of hydrogen-bond acceptors (Lipinski definition) is 5. The van der Waals surface area contributed by atoms with E-state index in [2.05, 4.69) is 30.9 Å². The minimum absolute atomic E-state index is 0.00294. The van der Waals surface area contributed by atoms with Crippen LogP contribution in [0.3, 0.4) is 0 Å². The third-order valence-electron chi connectivity index (χ3n) is 4.25. The van der Waals surface area contributed by atoms with Gasteiger partial charge in [-0.2, -0.15) is 0 Å². The fourth-order valence-electron chi connectivity index (χ4n) is 3.17. The Balaban J connectivity index is 1.64. The zero-order valence-corrected chi connectivity index (χ0v) is 12.9. The Morgan fingerprint density at radius 1 is 1.26 bits per heavy atom. The summed E-state index contributed by atoms with van der Waals surface area (Å²) in [5.74, 6) is 0.673. The molecule has 0 saturated heterocycles. The number of H-pyrrole nitrogens is 1. The lowest BCUT2D eigenvalue weighted by Gasteiger charge is -2.27. The van der Waals surface area contributed by atoms with E-state index in [9.17, 15) is 4.79 Å². The first kappa shape index (κ1) is 14.0. The second kappa shape index (κ2) is 5.55. The molecule has 0 radical (unpaired) electrons. The van der Waals surface area contributed by atoms with Crippen molar-refractivity contribution in [2.24, 2.45) is 0 Å². The minimum atomic E-state index is 0.00294. The van der Waals surface area contributed by atoms with Gasteiger partial charge in [-0.15, -0.1) is 0 Å². The van der Waals surface area contributed by atoms with Crippen LogP contribution < -0.4 is 5.56 Å². The molecule has 1 N–H and O–H groups in total. The van der Waals surface area contributed by atoms with Gasteiger partial charge in [-0.3, -0.25) is 19.7 Å². The van der Waals surface area contributed by atoms with Crippen molar-refractivity contribution in [1.29, 1.82) is 0 Å². The molecule has 0 amide bonds. The molecule has 1 aromatic carbocycles. The van der Waals surface area contributed by atoms with Crippen LogP contribution >= 0.6 is 0 Å². The first-order valence-electron chi connectivity index (χ1n) is 7.70. The second-order valence-electron chi connectivity index (χ2n) is 5.88. The molecular formula is C17H17N5O. The van der Waals surface area contributed by atoms with E-state index in [0.717, 1.165) is 47.4 Å². The number of rotatable bonds is 2. The summed E-state index contributed by atoms with van der Waals surface area (Å²) in [6.07, 6.45) is 4.17. The Kier molecular flexibility index (Phi) is 3.38. The number of para-hydroxylation sites is 1. The van der Waals surface area contributed by atoms with Crippen LogP contribution in [0.1, 0.15) is 22.6 Å². The van der Waals surface area contributed by atoms with Crippen molar-refractivity contribution in [3.8, 4) is 0 Å². The lowest BCUT2D eigenvalue weighted by molar-refractivity contribution is 0.241. The van der Waals surface area contributed by atoms with Crippen LogP contribution in [-0.4, -0.2) is 31.4 Å². The van der Waals surface area contributed by atoms with E-state index in [1.807, 2.05) is 19.1 Å². The van der Waals surface area contributed by atoms with Gasteiger partial charge in [0.05, 0.1) is 16.7 Å². The van der Waals surface area contributed by atoms with Crippen LogP contribution in [0.5, 0.6) is 0 Å². The molecule has 0 fully saturated rings. The molecule has 116 valence electrons. The third kappa shape index (κ3) is 2.61. The molecule has 1 aliphatic rings. The Morgan fingerprint density at radius 2 is 2.13 bits per heavy atom. The van der Waals surface area contributed by atoms with Crippen LogP contribution in [-0.2, 0) is 19.5 Å². The molecule has 23 heavy (non-hydrogen) atoms. The van der Waals surface area contributed by atoms with Gasteiger partial charge in [0, 0.05) is 37.6 Å². The standard InChI is InChI=1S/C17H17N5O/c1-11-20-15-10-22(8-5-13(15)17(23)21-11)9-12-3-2-4-14-16(12)19-7-6-18-14/h2-4,6-7H,5,8-10H2,1H3,(H,20,21,23). The number of hydrogen-bond donors (Lipinski definition) is 1. The highest BCUT2D eigenvalue weighted by Crippen LogP contribution is 2.20. The van der Waals surface area contributed by atoms with Crippen molar-refractivity contribution in [2.75, 3.05) is 6.54 Å². The van der Waals surface area contributed by atoms with E-state index in [-0.39, 0.29) is 5.56 Å². The van der Waals surface area contributed by atoms with Gasteiger partial charge in [-0.25, -0.2) is 4.98 Å². The second-order valence-corrected chi connectivity index (χ2v) is 5.88. The van der Waals surface area contributed by atoms with Gasteiger partial charge in [0.2, 0.25) is 0 Å². The molecule has 0 atom stereocenters. The minimum Gasteiger partial charge on any atom is -0.311 e. The van der Waals surface area contributed by atoms with Gasteiger partial charge >= 0.3 is 0 Å². The maximum Gasteiger partial charge on any atom is 0.254 e. The highest BCUT2D eigenvalue weighted by atomic mass is 16.1. The number of nitrogens with zero attached hydrogens (tertiary/aromatic N) is 4. The van der Waals surface area contributed by atoms with Crippen molar-refractivity contribution in [3.63, 3.8) is 0 Å².